The number of ether oxygens (including phenoxy) is 2. The first-order chi connectivity index (χ1) is 12.8. The fraction of sp³-hybridized carbons (Fsp3) is 0.211. The fourth-order valence-corrected chi connectivity index (χ4v) is 2.80. The number of aromatic amines is 1. The van der Waals surface area contributed by atoms with E-state index in [4.69, 9.17) is 14.0 Å². The van der Waals surface area contributed by atoms with E-state index in [1.807, 2.05) is 36.4 Å². The van der Waals surface area contributed by atoms with Crippen molar-refractivity contribution in [3.05, 3.63) is 54.2 Å². The van der Waals surface area contributed by atoms with Crippen molar-refractivity contribution >= 4 is 11.0 Å². The molecule has 1 N–H and O–H groups in total. The molecule has 0 aliphatic heterocycles. The number of rotatable bonds is 6. The number of aryl methyl sites for hydroxylation is 2. The molecule has 0 amide bonds. The van der Waals surface area contributed by atoms with E-state index < -0.39 is 0 Å². The molecule has 0 atom stereocenters. The highest BCUT2D eigenvalue weighted by molar-refractivity contribution is 5.74. The zero-order valence-electron chi connectivity index (χ0n) is 14.5. The minimum Gasteiger partial charge on any atom is -0.497 e. The van der Waals surface area contributed by atoms with Crippen LogP contribution in [0.4, 0.5) is 0 Å². The molecule has 2 heterocycles. The highest BCUT2D eigenvalue weighted by atomic mass is 16.5. The van der Waals surface area contributed by atoms with E-state index in [9.17, 15) is 0 Å². The molecule has 0 spiro atoms. The van der Waals surface area contributed by atoms with Crippen LogP contribution in [0.5, 0.6) is 11.5 Å². The minimum atomic E-state index is 0.490. The summed E-state index contributed by atoms with van der Waals surface area (Å²) in [6, 6.07) is 13.4. The number of nitrogens with zero attached hydrogens (tertiary/aromatic N) is 3. The summed E-state index contributed by atoms with van der Waals surface area (Å²) >= 11 is 0. The van der Waals surface area contributed by atoms with Crippen molar-refractivity contribution in [3.63, 3.8) is 0 Å². The summed E-state index contributed by atoms with van der Waals surface area (Å²) in [6.07, 6.45) is 1.29. The average molecular weight is 350 g/mol. The van der Waals surface area contributed by atoms with E-state index in [-0.39, 0.29) is 0 Å². The third-order valence-electron chi connectivity index (χ3n) is 4.13. The van der Waals surface area contributed by atoms with Gasteiger partial charge in [-0.25, -0.2) is 4.98 Å². The summed E-state index contributed by atoms with van der Waals surface area (Å²) in [7, 11) is 3.21. The predicted octanol–water partition coefficient (Wildman–Crippen LogP) is 3.42. The predicted molar refractivity (Wildman–Crippen MR) is 96.3 cm³/mol. The molecule has 4 rings (SSSR count). The van der Waals surface area contributed by atoms with E-state index in [0.717, 1.165) is 22.4 Å². The van der Waals surface area contributed by atoms with Crippen LogP contribution in [0.3, 0.4) is 0 Å². The molecular formula is C19H18N4O3. The molecule has 0 aliphatic rings. The largest absolute Gasteiger partial charge is 0.497 e. The first-order valence-corrected chi connectivity index (χ1v) is 8.25. The topological polar surface area (TPSA) is 86.1 Å². The summed E-state index contributed by atoms with van der Waals surface area (Å²) in [6.45, 7) is 0. The number of imidazole rings is 1. The van der Waals surface area contributed by atoms with Crippen molar-refractivity contribution < 1.29 is 14.0 Å². The number of H-pyrrole nitrogens is 1. The van der Waals surface area contributed by atoms with Gasteiger partial charge in [0.15, 0.2) is 0 Å². The van der Waals surface area contributed by atoms with Gasteiger partial charge >= 0.3 is 0 Å². The molecule has 2 aromatic heterocycles. The number of benzene rings is 2. The van der Waals surface area contributed by atoms with Crippen LogP contribution in [0.1, 0.15) is 11.7 Å². The second-order valence-corrected chi connectivity index (χ2v) is 5.78. The molecule has 0 aliphatic carbocycles. The molecule has 0 fully saturated rings. The van der Waals surface area contributed by atoms with Crippen LogP contribution in [-0.4, -0.2) is 34.3 Å². The molecule has 132 valence electrons. The lowest BCUT2D eigenvalue weighted by Crippen LogP contribution is -1.94. The zero-order chi connectivity index (χ0) is 17.9. The third kappa shape index (κ3) is 3.11. The second kappa shape index (κ2) is 6.87. The standard InChI is InChI=1S/C19H18N4O3/c1-24-12-7-8-13(16(11-12)25-2)19-22-18(26-23-19)10-9-17-20-14-5-3-4-6-15(14)21-17/h3-8,11H,9-10H2,1-2H3,(H,20,21). The number of methoxy groups -OCH3 is 2. The summed E-state index contributed by atoms with van der Waals surface area (Å²) < 4.78 is 16.0. The highest BCUT2D eigenvalue weighted by Gasteiger charge is 2.15. The van der Waals surface area contributed by atoms with Crippen molar-refractivity contribution in [2.75, 3.05) is 14.2 Å². The number of aromatic nitrogens is 4. The summed E-state index contributed by atoms with van der Waals surface area (Å²) in [5, 5.41) is 4.07. The molecular weight excluding hydrogens is 332 g/mol. The van der Waals surface area contributed by atoms with Gasteiger partial charge in [-0.1, -0.05) is 17.3 Å². The van der Waals surface area contributed by atoms with Gasteiger partial charge in [-0.05, 0) is 24.3 Å². The number of nitrogens with one attached hydrogen (secondary N) is 1. The maximum atomic E-state index is 5.40. The maximum Gasteiger partial charge on any atom is 0.227 e. The lowest BCUT2D eigenvalue weighted by molar-refractivity contribution is 0.377. The van der Waals surface area contributed by atoms with Crippen molar-refractivity contribution in [2.45, 2.75) is 12.8 Å². The first-order valence-electron chi connectivity index (χ1n) is 8.25. The maximum absolute atomic E-state index is 5.40. The zero-order valence-corrected chi connectivity index (χ0v) is 14.5. The molecule has 7 heteroatoms. The first kappa shape index (κ1) is 16.1. The van der Waals surface area contributed by atoms with Crippen molar-refractivity contribution in [1.82, 2.24) is 20.1 Å². The number of fused-ring (bicyclic) bond motifs is 1. The Morgan fingerprint density at radius 1 is 1.00 bits per heavy atom. The molecule has 0 unspecified atom stereocenters. The van der Waals surface area contributed by atoms with Crippen molar-refractivity contribution in [2.24, 2.45) is 0 Å². The Morgan fingerprint density at radius 2 is 1.88 bits per heavy atom. The highest BCUT2D eigenvalue weighted by Crippen LogP contribution is 2.31. The average Bonchev–Trinajstić information content (AvgIpc) is 3.32. The quantitative estimate of drug-likeness (QED) is 0.573. The number of para-hydroxylation sites is 2. The lowest BCUT2D eigenvalue weighted by Gasteiger charge is -2.07. The molecule has 26 heavy (non-hydrogen) atoms. The Hall–Kier alpha value is -3.35. The van der Waals surface area contributed by atoms with Gasteiger partial charge in [0, 0.05) is 18.9 Å². The summed E-state index contributed by atoms with van der Waals surface area (Å²) in [5.41, 5.74) is 2.74. The Labute approximate surface area is 150 Å². The van der Waals surface area contributed by atoms with Crippen molar-refractivity contribution in [3.8, 4) is 22.9 Å². The van der Waals surface area contributed by atoms with Crippen LogP contribution in [0.2, 0.25) is 0 Å². The fourth-order valence-electron chi connectivity index (χ4n) is 2.80. The van der Waals surface area contributed by atoms with Gasteiger partial charge in [0.05, 0.1) is 30.8 Å². The Balaban J connectivity index is 1.51. The van der Waals surface area contributed by atoms with Gasteiger partial charge in [0.2, 0.25) is 11.7 Å². The van der Waals surface area contributed by atoms with E-state index >= 15 is 0 Å². The van der Waals surface area contributed by atoms with Gasteiger partial charge in [0.1, 0.15) is 17.3 Å². The van der Waals surface area contributed by atoms with Crippen LogP contribution in [-0.2, 0) is 12.8 Å². The smallest absolute Gasteiger partial charge is 0.227 e. The summed E-state index contributed by atoms with van der Waals surface area (Å²) in [4.78, 5) is 12.3. The van der Waals surface area contributed by atoms with Crippen LogP contribution in [0.15, 0.2) is 47.0 Å². The molecule has 0 radical (unpaired) electrons. The monoisotopic (exact) mass is 350 g/mol. The lowest BCUT2D eigenvalue weighted by atomic mass is 10.2. The second-order valence-electron chi connectivity index (χ2n) is 5.78. The van der Waals surface area contributed by atoms with E-state index in [1.165, 1.54) is 0 Å². The van der Waals surface area contributed by atoms with Crippen molar-refractivity contribution in [1.29, 1.82) is 0 Å². The normalized spacial score (nSPS) is 11.0. The van der Waals surface area contributed by atoms with Gasteiger partial charge in [-0.2, -0.15) is 4.98 Å². The van der Waals surface area contributed by atoms with Gasteiger partial charge in [-0.15, -0.1) is 0 Å². The molecule has 7 nitrogen and oxygen atoms in total. The molecule has 0 bridgehead atoms. The number of hydrogen-bond donors (Lipinski definition) is 1. The van der Waals surface area contributed by atoms with Crippen LogP contribution >= 0.6 is 0 Å². The van der Waals surface area contributed by atoms with E-state index in [0.29, 0.717) is 36.1 Å². The Bertz CT molecular complexity index is 1010. The minimum absolute atomic E-state index is 0.490. The Morgan fingerprint density at radius 3 is 2.69 bits per heavy atom. The van der Waals surface area contributed by atoms with E-state index in [2.05, 4.69) is 20.1 Å². The van der Waals surface area contributed by atoms with Crippen LogP contribution < -0.4 is 9.47 Å². The molecule has 0 saturated carbocycles. The van der Waals surface area contributed by atoms with Gasteiger partial charge < -0.3 is 19.0 Å². The SMILES string of the molecule is COc1ccc(-c2noc(CCc3nc4ccccc4[nH]3)n2)c(OC)c1. The molecule has 2 aromatic carbocycles. The summed E-state index contributed by atoms with van der Waals surface area (Å²) in [5.74, 6) is 3.28. The molecule has 0 saturated heterocycles. The molecule has 4 aromatic rings. The number of hydrogen-bond acceptors (Lipinski definition) is 6. The Kier molecular flexibility index (Phi) is 4.27. The van der Waals surface area contributed by atoms with E-state index in [1.54, 1.807) is 20.3 Å². The van der Waals surface area contributed by atoms with Crippen LogP contribution in [0, 0.1) is 0 Å². The van der Waals surface area contributed by atoms with Gasteiger partial charge in [0.25, 0.3) is 0 Å². The van der Waals surface area contributed by atoms with Gasteiger partial charge in [-0.3, -0.25) is 0 Å². The third-order valence-corrected chi connectivity index (χ3v) is 4.13. The van der Waals surface area contributed by atoms with Crippen LogP contribution in [0.25, 0.3) is 22.4 Å².